The van der Waals surface area contributed by atoms with Gasteiger partial charge >= 0.3 is 0 Å². The second-order valence-corrected chi connectivity index (χ2v) is 6.01. The van der Waals surface area contributed by atoms with E-state index < -0.39 is 0 Å². The van der Waals surface area contributed by atoms with Gasteiger partial charge in [0, 0.05) is 25.0 Å². The smallest absolute Gasteiger partial charge is 0.0642 e. The van der Waals surface area contributed by atoms with Crippen molar-refractivity contribution in [2.45, 2.75) is 39.3 Å². The van der Waals surface area contributed by atoms with Crippen LogP contribution in [0.3, 0.4) is 0 Å². The fourth-order valence-electron chi connectivity index (χ4n) is 2.55. The summed E-state index contributed by atoms with van der Waals surface area (Å²) in [6, 6.07) is 8.38. The summed E-state index contributed by atoms with van der Waals surface area (Å²) in [5.74, 6) is 0. The molecule has 0 fully saturated rings. The Morgan fingerprint density at radius 1 is 1.19 bits per heavy atom. The second-order valence-electron chi connectivity index (χ2n) is 5.23. The van der Waals surface area contributed by atoms with Crippen molar-refractivity contribution in [2.75, 3.05) is 6.54 Å². The molecule has 4 heteroatoms. The third-order valence-electron chi connectivity index (χ3n) is 3.59. The largest absolute Gasteiger partial charge is 0.350 e. The Hall–Kier alpha value is -0.960. The third-order valence-corrected chi connectivity index (χ3v) is 4.45. The van der Waals surface area contributed by atoms with Crippen molar-refractivity contribution in [1.82, 2.24) is 9.88 Å². The summed E-state index contributed by atoms with van der Waals surface area (Å²) in [5.41, 5.74) is 2.37. The number of aromatic nitrogens is 1. The molecule has 0 radical (unpaired) electrons. The molecule has 0 saturated carbocycles. The number of benzene rings is 1. The minimum atomic E-state index is 0.427. The number of rotatable bonds is 7. The summed E-state index contributed by atoms with van der Waals surface area (Å²) in [5, 5.41) is 4.79. The van der Waals surface area contributed by atoms with Crippen LogP contribution in [0.15, 0.2) is 36.7 Å². The van der Waals surface area contributed by atoms with Gasteiger partial charge in [-0.05, 0) is 36.2 Å². The molecule has 21 heavy (non-hydrogen) atoms. The molecule has 0 saturated heterocycles. The normalized spacial score (nSPS) is 12.6. The number of nitrogens with zero attached hydrogens (tertiary/aromatic N) is 1. The highest BCUT2D eigenvalue weighted by Gasteiger charge is 2.11. The fourth-order valence-corrected chi connectivity index (χ4v) is 2.93. The molecule has 1 unspecified atom stereocenters. The highest BCUT2D eigenvalue weighted by atomic mass is 35.5. The van der Waals surface area contributed by atoms with Crippen LogP contribution >= 0.6 is 23.2 Å². The lowest BCUT2D eigenvalue weighted by Gasteiger charge is -2.15. The van der Waals surface area contributed by atoms with Gasteiger partial charge in [0.25, 0.3) is 0 Å². The van der Waals surface area contributed by atoms with Gasteiger partial charge in [-0.1, -0.05) is 55.6 Å². The molecule has 0 spiro atoms. The monoisotopic (exact) mass is 324 g/mol. The summed E-state index contributed by atoms with van der Waals surface area (Å²) in [6.45, 7) is 6.08. The molecule has 0 aliphatic carbocycles. The molecule has 1 aromatic heterocycles. The lowest BCUT2D eigenvalue weighted by atomic mass is 10.1. The molecule has 1 heterocycles. The van der Waals surface area contributed by atoms with Crippen LogP contribution in [0.25, 0.3) is 0 Å². The summed E-state index contributed by atoms with van der Waals surface area (Å²) in [7, 11) is 0. The molecular weight excluding hydrogens is 303 g/mol. The van der Waals surface area contributed by atoms with Gasteiger partial charge in [0.2, 0.25) is 0 Å². The summed E-state index contributed by atoms with van der Waals surface area (Å²) < 4.78 is 2.16. The average Bonchev–Trinajstić information content (AvgIpc) is 2.92. The molecule has 0 aliphatic rings. The van der Waals surface area contributed by atoms with Crippen LogP contribution in [0.4, 0.5) is 0 Å². The molecule has 2 rings (SSSR count). The van der Waals surface area contributed by atoms with Gasteiger partial charge in [-0.2, -0.15) is 0 Å². The Kier molecular flexibility index (Phi) is 6.16. The SMILES string of the molecule is CCCC(NCC)c1ccn(Cc2cccc(Cl)c2Cl)c1. The van der Waals surface area contributed by atoms with Crippen LogP contribution in [-0.4, -0.2) is 11.1 Å². The van der Waals surface area contributed by atoms with E-state index in [-0.39, 0.29) is 0 Å². The van der Waals surface area contributed by atoms with Crippen molar-refractivity contribution in [1.29, 1.82) is 0 Å². The number of hydrogen-bond acceptors (Lipinski definition) is 1. The zero-order valence-corrected chi connectivity index (χ0v) is 14.1. The molecular formula is C17H22Cl2N2. The molecule has 2 nitrogen and oxygen atoms in total. The van der Waals surface area contributed by atoms with Crippen molar-refractivity contribution >= 4 is 23.2 Å². The maximum atomic E-state index is 6.25. The first-order chi connectivity index (χ1) is 10.2. The first-order valence-corrected chi connectivity index (χ1v) is 8.23. The molecule has 1 aromatic carbocycles. The van der Waals surface area contributed by atoms with E-state index in [9.17, 15) is 0 Å². The van der Waals surface area contributed by atoms with Gasteiger partial charge in [0.15, 0.2) is 0 Å². The van der Waals surface area contributed by atoms with E-state index in [1.165, 1.54) is 12.0 Å². The van der Waals surface area contributed by atoms with Crippen LogP contribution in [0, 0.1) is 0 Å². The van der Waals surface area contributed by atoms with Crippen molar-refractivity contribution < 1.29 is 0 Å². The summed E-state index contributed by atoms with van der Waals surface area (Å²) >= 11 is 12.3. The maximum absolute atomic E-state index is 6.25. The molecule has 1 N–H and O–H groups in total. The van der Waals surface area contributed by atoms with Crippen LogP contribution in [0.5, 0.6) is 0 Å². The van der Waals surface area contributed by atoms with Gasteiger partial charge in [-0.15, -0.1) is 0 Å². The standard InChI is InChI=1S/C17H22Cl2N2/c1-3-6-16(20-4-2)13-9-10-21(11-13)12-14-7-5-8-15(18)17(14)19/h5,7-11,16,20H,3-4,6,12H2,1-2H3. The van der Waals surface area contributed by atoms with Gasteiger partial charge in [-0.3, -0.25) is 0 Å². The van der Waals surface area contributed by atoms with E-state index in [0.717, 1.165) is 25.1 Å². The zero-order chi connectivity index (χ0) is 15.2. The number of halogens is 2. The van der Waals surface area contributed by atoms with Crippen molar-refractivity contribution in [3.63, 3.8) is 0 Å². The van der Waals surface area contributed by atoms with E-state index in [1.54, 1.807) is 0 Å². The Labute approximate surface area is 137 Å². The van der Waals surface area contributed by atoms with E-state index in [0.29, 0.717) is 16.1 Å². The number of nitrogens with one attached hydrogen (secondary N) is 1. The van der Waals surface area contributed by atoms with Gasteiger partial charge in [0.1, 0.15) is 0 Å². The average molecular weight is 325 g/mol. The zero-order valence-electron chi connectivity index (χ0n) is 12.6. The number of hydrogen-bond donors (Lipinski definition) is 1. The predicted octanol–water partition coefficient (Wildman–Crippen LogP) is 5.29. The van der Waals surface area contributed by atoms with Crippen LogP contribution in [-0.2, 0) is 6.54 Å². The first-order valence-electron chi connectivity index (χ1n) is 7.47. The van der Waals surface area contributed by atoms with Crippen molar-refractivity contribution in [2.24, 2.45) is 0 Å². The Bertz CT molecular complexity index is 572. The topological polar surface area (TPSA) is 17.0 Å². The lowest BCUT2D eigenvalue weighted by molar-refractivity contribution is 0.508. The first kappa shape index (κ1) is 16.4. The molecule has 114 valence electrons. The van der Waals surface area contributed by atoms with Crippen molar-refractivity contribution in [3.8, 4) is 0 Å². The van der Waals surface area contributed by atoms with E-state index in [4.69, 9.17) is 23.2 Å². The van der Waals surface area contributed by atoms with E-state index in [1.807, 2.05) is 18.2 Å². The van der Waals surface area contributed by atoms with Crippen molar-refractivity contribution in [3.05, 3.63) is 57.8 Å². The molecule has 0 aliphatic heterocycles. The predicted molar refractivity (Wildman–Crippen MR) is 91.3 cm³/mol. The molecule has 1 atom stereocenters. The molecule has 2 aromatic rings. The maximum Gasteiger partial charge on any atom is 0.0642 e. The van der Waals surface area contributed by atoms with E-state index >= 15 is 0 Å². The molecule has 0 bridgehead atoms. The van der Waals surface area contributed by atoms with Gasteiger partial charge < -0.3 is 9.88 Å². The van der Waals surface area contributed by atoms with Gasteiger partial charge in [-0.25, -0.2) is 0 Å². The minimum Gasteiger partial charge on any atom is -0.350 e. The summed E-state index contributed by atoms with van der Waals surface area (Å²) in [4.78, 5) is 0. The summed E-state index contributed by atoms with van der Waals surface area (Å²) in [6.07, 6.45) is 6.62. The third kappa shape index (κ3) is 4.26. The fraction of sp³-hybridized carbons (Fsp3) is 0.412. The van der Waals surface area contributed by atoms with Gasteiger partial charge in [0.05, 0.1) is 10.0 Å². The molecule has 0 amide bonds. The highest BCUT2D eigenvalue weighted by Crippen LogP contribution is 2.27. The lowest BCUT2D eigenvalue weighted by Crippen LogP contribution is -2.20. The minimum absolute atomic E-state index is 0.427. The van der Waals surface area contributed by atoms with Crippen LogP contribution in [0.1, 0.15) is 43.9 Å². The highest BCUT2D eigenvalue weighted by molar-refractivity contribution is 6.42. The Morgan fingerprint density at radius 3 is 2.71 bits per heavy atom. The Morgan fingerprint density at radius 2 is 2.00 bits per heavy atom. The van der Waals surface area contributed by atoms with E-state index in [2.05, 4.69) is 42.2 Å². The Balaban J connectivity index is 2.14. The second kappa shape index (κ2) is 7.88. The van der Waals surface area contributed by atoms with Crippen LogP contribution < -0.4 is 5.32 Å². The van der Waals surface area contributed by atoms with Crippen LogP contribution in [0.2, 0.25) is 10.0 Å². The quantitative estimate of drug-likeness (QED) is 0.731.